The number of amides is 1. The first-order chi connectivity index (χ1) is 20.4. The van der Waals surface area contributed by atoms with Gasteiger partial charge < -0.3 is 30.1 Å². The average molecular weight is 572 g/mol. The second kappa shape index (κ2) is 11.5. The number of para-hydroxylation sites is 1. The van der Waals surface area contributed by atoms with Crippen LogP contribution in [0.15, 0.2) is 54.7 Å². The van der Waals surface area contributed by atoms with Crippen molar-refractivity contribution in [3.8, 4) is 5.75 Å². The molecule has 2 aliphatic rings. The van der Waals surface area contributed by atoms with Gasteiger partial charge in [0, 0.05) is 37.8 Å². The summed E-state index contributed by atoms with van der Waals surface area (Å²) in [5.74, 6) is 2.44. The van der Waals surface area contributed by atoms with Gasteiger partial charge in [0.25, 0.3) is 0 Å². The van der Waals surface area contributed by atoms with E-state index in [0.717, 1.165) is 78.6 Å². The largest absolute Gasteiger partial charge is 0.497 e. The number of piperidine rings is 1. The lowest BCUT2D eigenvalue weighted by Gasteiger charge is -2.39. The molecule has 11 heteroatoms. The Bertz CT molecular complexity index is 1560. The van der Waals surface area contributed by atoms with Gasteiger partial charge in [-0.25, -0.2) is 19.4 Å². The van der Waals surface area contributed by atoms with Gasteiger partial charge in [0.05, 0.1) is 26.5 Å². The molecule has 1 fully saturated rings. The molecule has 3 N–H and O–H groups in total. The highest BCUT2D eigenvalue weighted by atomic mass is 16.5. The first-order valence-electron chi connectivity index (χ1n) is 14.4. The SMILES string of the molecule is COc1ccc(Cn2nc(N3CCC(CO)c4ccccc43)c3ncc(N4CCC(C)(CNC(=O)O)CC4)nc32)cc1. The molecule has 0 saturated carbocycles. The maximum atomic E-state index is 11.0. The number of carboxylic acid groups (broad SMARTS) is 1. The molecular formula is C31H37N7O4. The molecule has 11 nitrogen and oxygen atoms in total. The highest BCUT2D eigenvalue weighted by Crippen LogP contribution is 2.41. The monoisotopic (exact) mass is 571 g/mol. The summed E-state index contributed by atoms with van der Waals surface area (Å²) in [6.45, 7) is 5.44. The van der Waals surface area contributed by atoms with Crippen LogP contribution in [0.2, 0.25) is 0 Å². The van der Waals surface area contributed by atoms with E-state index in [1.165, 1.54) is 0 Å². The topological polar surface area (TPSA) is 129 Å². The fourth-order valence-electron chi connectivity index (χ4n) is 6.06. The molecule has 1 amide bonds. The minimum Gasteiger partial charge on any atom is -0.497 e. The van der Waals surface area contributed by atoms with Gasteiger partial charge in [-0.05, 0) is 54.0 Å². The van der Waals surface area contributed by atoms with Crippen molar-refractivity contribution >= 4 is 34.6 Å². The van der Waals surface area contributed by atoms with Crippen LogP contribution in [0.3, 0.4) is 0 Å². The van der Waals surface area contributed by atoms with E-state index in [9.17, 15) is 9.90 Å². The number of aliphatic hydroxyl groups is 1. The number of hydrogen-bond donors (Lipinski definition) is 3. The zero-order valence-corrected chi connectivity index (χ0v) is 24.0. The van der Waals surface area contributed by atoms with Crippen molar-refractivity contribution in [2.75, 3.05) is 49.7 Å². The van der Waals surface area contributed by atoms with Gasteiger partial charge >= 0.3 is 6.09 Å². The number of methoxy groups -OCH3 is 1. The molecule has 0 aliphatic carbocycles. The van der Waals surface area contributed by atoms with Gasteiger partial charge in [-0.3, -0.25) is 0 Å². The molecule has 0 spiro atoms. The Labute approximate surface area is 244 Å². The van der Waals surface area contributed by atoms with Gasteiger partial charge in [0.15, 0.2) is 17.0 Å². The Morgan fingerprint density at radius 1 is 1.12 bits per heavy atom. The Hall–Kier alpha value is -4.38. The number of aliphatic hydroxyl groups excluding tert-OH is 1. The van der Waals surface area contributed by atoms with E-state index in [2.05, 4.69) is 34.2 Å². The normalized spacial score (nSPS) is 18.1. The van der Waals surface area contributed by atoms with Crippen LogP contribution in [0.1, 0.15) is 43.2 Å². The molecule has 1 saturated heterocycles. The fraction of sp³-hybridized carbons (Fsp3) is 0.419. The second-order valence-corrected chi connectivity index (χ2v) is 11.6. The third-order valence-corrected chi connectivity index (χ3v) is 8.71. The molecule has 220 valence electrons. The summed E-state index contributed by atoms with van der Waals surface area (Å²) < 4.78 is 7.27. The smallest absolute Gasteiger partial charge is 0.404 e. The van der Waals surface area contributed by atoms with Crippen molar-refractivity contribution in [1.82, 2.24) is 25.1 Å². The predicted molar refractivity (Wildman–Crippen MR) is 161 cm³/mol. The summed E-state index contributed by atoms with van der Waals surface area (Å²) >= 11 is 0. The lowest BCUT2D eigenvalue weighted by Crippen LogP contribution is -2.44. The molecule has 0 bridgehead atoms. The third kappa shape index (κ3) is 5.44. The first-order valence-corrected chi connectivity index (χ1v) is 14.4. The van der Waals surface area contributed by atoms with Crippen molar-refractivity contribution in [2.24, 2.45) is 5.41 Å². The Balaban J connectivity index is 1.35. The van der Waals surface area contributed by atoms with E-state index in [1.54, 1.807) is 7.11 Å². The number of benzene rings is 2. The molecule has 42 heavy (non-hydrogen) atoms. The third-order valence-electron chi connectivity index (χ3n) is 8.71. The number of ether oxygens (including phenoxy) is 1. The summed E-state index contributed by atoms with van der Waals surface area (Å²) in [6.07, 6.45) is 3.35. The summed E-state index contributed by atoms with van der Waals surface area (Å²) in [5.41, 5.74) is 4.57. The van der Waals surface area contributed by atoms with E-state index in [0.29, 0.717) is 18.7 Å². The molecule has 1 unspecified atom stereocenters. The van der Waals surface area contributed by atoms with Crippen LogP contribution in [-0.2, 0) is 6.54 Å². The molecule has 1 atom stereocenters. The molecule has 0 radical (unpaired) electrons. The maximum absolute atomic E-state index is 11.0. The summed E-state index contributed by atoms with van der Waals surface area (Å²) in [4.78, 5) is 25.5. The molecule has 2 aromatic carbocycles. The fourth-order valence-corrected chi connectivity index (χ4v) is 6.06. The molecular weight excluding hydrogens is 534 g/mol. The second-order valence-electron chi connectivity index (χ2n) is 11.6. The van der Waals surface area contributed by atoms with Gasteiger partial charge in [-0.2, -0.15) is 5.10 Å². The van der Waals surface area contributed by atoms with Gasteiger partial charge in [0.1, 0.15) is 11.6 Å². The Morgan fingerprint density at radius 2 is 1.88 bits per heavy atom. The van der Waals surface area contributed by atoms with Crippen LogP contribution in [0.25, 0.3) is 11.2 Å². The van der Waals surface area contributed by atoms with Crippen molar-refractivity contribution in [1.29, 1.82) is 0 Å². The summed E-state index contributed by atoms with van der Waals surface area (Å²) in [6, 6.07) is 16.1. The summed E-state index contributed by atoms with van der Waals surface area (Å²) in [7, 11) is 1.66. The number of hydrogen-bond acceptors (Lipinski definition) is 8. The van der Waals surface area contributed by atoms with Gasteiger partial charge in [-0.15, -0.1) is 0 Å². The van der Waals surface area contributed by atoms with Crippen molar-refractivity contribution in [3.05, 3.63) is 65.9 Å². The van der Waals surface area contributed by atoms with Crippen LogP contribution >= 0.6 is 0 Å². The van der Waals surface area contributed by atoms with E-state index < -0.39 is 6.09 Å². The van der Waals surface area contributed by atoms with Crippen LogP contribution in [0, 0.1) is 5.41 Å². The number of nitrogens with zero attached hydrogens (tertiary/aromatic N) is 6. The van der Waals surface area contributed by atoms with Gasteiger partial charge in [0.2, 0.25) is 0 Å². The van der Waals surface area contributed by atoms with Crippen LogP contribution in [-0.4, -0.2) is 76.0 Å². The number of anilines is 3. The highest BCUT2D eigenvalue weighted by Gasteiger charge is 2.32. The number of nitrogens with one attached hydrogen (secondary N) is 1. The van der Waals surface area contributed by atoms with E-state index >= 15 is 0 Å². The molecule has 4 heterocycles. The standard InChI is InChI=1S/C31H37N7O4/c1-31(20-33-30(40)41)12-15-36(16-13-31)26-17-32-27-28(34-26)38(18-21-7-9-23(42-2)10-8-21)35-29(27)37-14-11-22(19-39)24-5-3-4-6-25(24)37/h3-10,17,22,33,39H,11-16,18-20H2,1-2H3,(H,40,41). The quantitative estimate of drug-likeness (QED) is 0.282. The molecule has 4 aromatic rings. The lowest BCUT2D eigenvalue weighted by molar-refractivity contribution is 0.178. The predicted octanol–water partition coefficient (Wildman–Crippen LogP) is 4.38. The number of fused-ring (bicyclic) bond motifs is 2. The minimum atomic E-state index is -0.987. The molecule has 2 aromatic heterocycles. The molecule has 6 rings (SSSR count). The lowest BCUT2D eigenvalue weighted by atomic mass is 9.80. The van der Waals surface area contributed by atoms with E-state index in [4.69, 9.17) is 24.9 Å². The van der Waals surface area contributed by atoms with Crippen molar-refractivity contribution < 1.29 is 19.7 Å². The molecule has 2 aliphatic heterocycles. The zero-order valence-electron chi connectivity index (χ0n) is 24.0. The Kier molecular flexibility index (Phi) is 7.59. The average Bonchev–Trinajstić information content (AvgIpc) is 3.37. The van der Waals surface area contributed by atoms with Crippen LogP contribution in [0.4, 0.5) is 22.1 Å². The minimum absolute atomic E-state index is 0.0934. The highest BCUT2D eigenvalue weighted by molar-refractivity contribution is 5.88. The first kappa shape index (κ1) is 27.8. The number of aromatic nitrogens is 4. The van der Waals surface area contributed by atoms with Crippen molar-refractivity contribution in [3.63, 3.8) is 0 Å². The number of carbonyl (C=O) groups is 1. The van der Waals surface area contributed by atoms with Crippen LogP contribution in [0.5, 0.6) is 5.75 Å². The van der Waals surface area contributed by atoms with Crippen LogP contribution < -0.4 is 19.9 Å². The van der Waals surface area contributed by atoms with E-state index in [-0.39, 0.29) is 17.9 Å². The number of rotatable bonds is 8. The van der Waals surface area contributed by atoms with E-state index in [1.807, 2.05) is 47.3 Å². The Morgan fingerprint density at radius 3 is 2.60 bits per heavy atom. The zero-order chi connectivity index (χ0) is 29.3. The van der Waals surface area contributed by atoms with Gasteiger partial charge in [-0.1, -0.05) is 37.3 Å². The van der Waals surface area contributed by atoms with Crippen molar-refractivity contribution in [2.45, 2.75) is 38.6 Å². The maximum Gasteiger partial charge on any atom is 0.404 e. The summed E-state index contributed by atoms with van der Waals surface area (Å²) in [5, 5.41) is 26.7.